The molecule has 0 saturated carbocycles. The van der Waals surface area contributed by atoms with Gasteiger partial charge < -0.3 is 33.2 Å². The molecule has 5 aliphatic rings. The number of nitrogens with zero attached hydrogens (tertiary/aromatic N) is 8. The second-order valence-electron chi connectivity index (χ2n) is 25.8. The number of aryl methyl sites for hydroxylation is 4. The van der Waals surface area contributed by atoms with Crippen molar-refractivity contribution in [3.05, 3.63) is 174 Å². The number of carbonyl (C=O) groups excluding carboxylic acids is 3. The first-order chi connectivity index (χ1) is 43.1. The van der Waals surface area contributed by atoms with Crippen molar-refractivity contribution in [1.29, 1.82) is 0 Å². The molecule has 2 bridgehead atoms. The first kappa shape index (κ1) is 61.1. The van der Waals surface area contributed by atoms with E-state index < -0.39 is 0 Å². The summed E-state index contributed by atoms with van der Waals surface area (Å²) in [5, 5.41) is 4.55. The van der Waals surface area contributed by atoms with Crippen LogP contribution < -0.4 is 4.90 Å². The van der Waals surface area contributed by atoms with E-state index in [4.69, 9.17) is 4.74 Å². The normalized spacial score (nSPS) is 20.2. The Bertz CT molecular complexity index is 3740. The van der Waals surface area contributed by atoms with Gasteiger partial charge in [-0.3, -0.25) is 29.1 Å². The van der Waals surface area contributed by atoms with Crippen LogP contribution in [0.25, 0.3) is 43.6 Å². The van der Waals surface area contributed by atoms with Crippen LogP contribution in [0.15, 0.2) is 152 Å². The number of piperazine rings is 2. The van der Waals surface area contributed by atoms with E-state index >= 15 is 0 Å². The van der Waals surface area contributed by atoms with E-state index in [2.05, 4.69) is 146 Å². The fourth-order valence-electron chi connectivity index (χ4n) is 15.3. The molecular weight excluding hydrogens is 1090 g/mol. The van der Waals surface area contributed by atoms with Gasteiger partial charge in [-0.15, -0.1) is 0 Å². The van der Waals surface area contributed by atoms with Crippen molar-refractivity contribution < 1.29 is 19.1 Å². The summed E-state index contributed by atoms with van der Waals surface area (Å²) in [6.45, 7) is 22.2. The van der Waals surface area contributed by atoms with Crippen LogP contribution in [0.2, 0.25) is 0 Å². The van der Waals surface area contributed by atoms with Gasteiger partial charge in [0.15, 0.2) is 17.3 Å². The Balaban J connectivity index is 0.000000129. The number of aromatic amines is 1. The minimum atomic E-state index is 0.138. The van der Waals surface area contributed by atoms with Crippen molar-refractivity contribution in [2.24, 2.45) is 5.92 Å². The van der Waals surface area contributed by atoms with Crippen LogP contribution in [0.4, 0.5) is 5.69 Å². The first-order valence-electron chi connectivity index (χ1n) is 33.3. The third kappa shape index (κ3) is 14.6. The van der Waals surface area contributed by atoms with Gasteiger partial charge in [0.05, 0.1) is 6.10 Å². The number of aromatic nitrogens is 4. The zero-order valence-corrected chi connectivity index (χ0v) is 52.5. The van der Waals surface area contributed by atoms with Gasteiger partial charge >= 0.3 is 0 Å². The highest BCUT2D eigenvalue weighted by Crippen LogP contribution is 2.41. The topological polar surface area (TPSA) is 107 Å². The number of ether oxygens (including phenoxy) is 1. The van der Waals surface area contributed by atoms with E-state index in [1.807, 2.05) is 48.9 Å². The zero-order chi connectivity index (χ0) is 60.3. The molecular formula is C75H93N9O4. The predicted octanol–water partition coefficient (Wildman–Crippen LogP) is 13.7. The first-order valence-corrected chi connectivity index (χ1v) is 33.3. The highest BCUT2D eigenvalue weighted by atomic mass is 16.5. The van der Waals surface area contributed by atoms with Crippen LogP contribution in [0.5, 0.6) is 0 Å². The molecule has 9 aromatic rings. The van der Waals surface area contributed by atoms with Crippen molar-refractivity contribution in [2.45, 2.75) is 129 Å². The monoisotopic (exact) mass is 1180 g/mol. The molecule has 13 heteroatoms. The van der Waals surface area contributed by atoms with E-state index in [9.17, 15) is 14.4 Å². The summed E-state index contributed by atoms with van der Waals surface area (Å²) in [5.74, 6) is 1.33. The molecule has 0 spiro atoms. The molecule has 13 nitrogen and oxygen atoms in total. The minimum absolute atomic E-state index is 0.138. The third-order valence-corrected chi connectivity index (χ3v) is 20.0. The number of hydrogen-bond acceptors (Lipinski definition) is 9. The number of anilines is 1. The number of fused-ring (bicyclic) bond motifs is 6. The van der Waals surface area contributed by atoms with Crippen LogP contribution in [-0.4, -0.2) is 159 Å². The molecule has 0 amide bonds. The number of Topliss-reactive ketones (excluding diaryl/α,β-unsaturated/α-hetero) is 3. The number of H-pyrrole nitrogens is 1. The number of hydrogen-bond donors (Lipinski definition) is 1. The maximum absolute atomic E-state index is 12.0. The van der Waals surface area contributed by atoms with E-state index in [1.54, 1.807) is 20.8 Å². The van der Waals surface area contributed by atoms with Crippen LogP contribution in [0, 0.1) is 5.92 Å². The van der Waals surface area contributed by atoms with Gasteiger partial charge in [-0.05, 0) is 152 Å². The average molecular weight is 1180 g/mol. The van der Waals surface area contributed by atoms with E-state index in [-0.39, 0.29) is 17.3 Å². The third-order valence-electron chi connectivity index (χ3n) is 20.0. The SMILES string of the molecule is CC(=O)c1cn(CCCN2C3CCC2CC(CCc2ccccc2)C3)c2ccccc12.CC(=O)c1cn(CCCN2CCN(CC3CCCO3)CC2)c2ccccc12.CC(=O)c1cn(CCCN2CCN(c3cccc4[nH]ccc34)CC2)c2ccccc12. The van der Waals surface area contributed by atoms with Gasteiger partial charge in [0.1, 0.15) is 0 Å². The Morgan fingerprint density at radius 3 is 1.49 bits per heavy atom. The summed E-state index contributed by atoms with van der Waals surface area (Å²) in [4.78, 5) is 52.3. The van der Waals surface area contributed by atoms with Gasteiger partial charge in [0, 0.05) is 195 Å². The van der Waals surface area contributed by atoms with Gasteiger partial charge in [-0.2, -0.15) is 0 Å². The Morgan fingerprint density at radius 2 is 0.977 bits per heavy atom. The lowest BCUT2D eigenvalue weighted by Crippen LogP contribution is -2.48. The van der Waals surface area contributed by atoms with Crippen molar-refractivity contribution in [3.63, 3.8) is 0 Å². The van der Waals surface area contributed by atoms with E-state index in [1.165, 1.54) is 91.1 Å². The van der Waals surface area contributed by atoms with Crippen molar-refractivity contribution >= 4 is 66.6 Å². The number of piperidine rings is 1. The molecule has 4 aromatic heterocycles. The van der Waals surface area contributed by atoms with Crippen molar-refractivity contribution in [2.75, 3.05) is 90.0 Å². The molecule has 5 fully saturated rings. The van der Waals surface area contributed by atoms with Crippen molar-refractivity contribution in [1.82, 2.24) is 38.3 Å². The fraction of sp³-hybridized carbons (Fsp3) is 0.453. The lowest BCUT2D eigenvalue weighted by atomic mass is 9.86. The Morgan fingerprint density at radius 1 is 0.489 bits per heavy atom. The summed E-state index contributed by atoms with van der Waals surface area (Å²) in [5.41, 5.74) is 10.1. The van der Waals surface area contributed by atoms with Crippen LogP contribution in [-0.2, 0) is 30.8 Å². The summed E-state index contributed by atoms with van der Waals surface area (Å²) < 4.78 is 12.6. The average Bonchev–Trinajstić information content (AvgIpc) is 3.82. The smallest absolute Gasteiger partial charge is 0.161 e. The number of nitrogens with one attached hydrogen (secondary N) is 1. The summed E-state index contributed by atoms with van der Waals surface area (Å²) in [6, 6.07) is 46.0. The second kappa shape index (κ2) is 29.0. The number of carbonyl (C=O) groups is 3. The summed E-state index contributed by atoms with van der Waals surface area (Å²) in [7, 11) is 0. The number of rotatable bonds is 21. The van der Waals surface area contributed by atoms with Crippen LogP contribution in [0.3, 0.4) is 0 Å². The molecule has 88 heavy (non-hydrogen) atoms. The summed E-state index contributed by atoms with van der Waals surface area (Å²) >= 11 is 0. The zero-order valence-electron chi connectivity index (χ0n) is 52.5. The highest BCUT2D eigenvalue weighted by Gasteiger charge is 2.40. The Kier molecular flexibility index (Phi) is 20.1. The van der Waals surface area contributed by atoms with Gasteiger partial charge in [-0.1, -0.05) is 91.0 Å². The molecule has 5 aromatic carbocycles. The molecule has 462 valence electrons. The second-order valence-corrected chi connectivity index (χ2v) is 25.8. The molecule has 9 heterocycles. The van der Waals surface area contributed by atoms with Gasteiger partial charge in [0.25, 0.3) is 0 Å². The highest BCUT2D eigenvalue weighted by molar-refractivity contribution is 6.08. The maximum Gasteiger partial charge on any atom is 0.161 e. The lowest BCUT2D eigenvalue weighted by molar-refractivity contribution is 0.0501. The fourth-order valence-corrected chi connectivity index (χ4v) is 15.3. The van der Waals surface area contributed by atoms with Gasteiger partial charge in [0.2, 0.25) is 0 Å². The quantitative estimate of drug-likeness (QED) is 0.0704. The molecule has 3 atom stereocenters. The molecule has 14 rings (SSSR count). The van der Waals surface area contributed by atoms with Crippen molar-refractivity contribution in [3.8, 4) is 0 Å². The number of ketones is 3. The number of benzene rings is 5. The molecule has 5 aliphatic heterocycles. The standard InChI is InChI=1S/C28H34N2O.C25H28N4O.C22H31N3O2/c1-21(31)27-20-29(28-11-6-5-10-26(27)28)16-7-17-30-24-14-15-25(30)19-23(18-24)13-12-22-8-3-2-4-9-22;1-19(30)22-18-29(24-8-3-2-6-20(22)24)13-5-12-27-14-16-28(17-15-27)25-9-4-7-23-21(25)10-11-26-23;1-18(26)21-17-25(22-8-3-2-7-20(21)22)10-5-9-23-11-13-24(14-12-23)16-19-6-4-15-27-19/h2-6,8-11,20,23-25H,7,12-19H2,1H3;2-4,6-11,18,26H,5,12-17H2,1H3;2-3,7-8,17,19H,4-6,9-16H2,1H3. The molecule has 0 aliphatic carbocycles. The Hall–Kier alpha value is -7.13. The van der Waals surface area contributed by atoms with Gasteiger partial charge in [-0.25, -0.2) is 0 Å². The predicted molar refractivity (Wildman–Crippen MR) is 359 cm³/mol. The molecule has 1 N–H and O–H groups in total. The molecule has 0 radical (unpaired) electrons. The number of para-hydroxylation sites is 3. The lowest BCUT2D eigenvalue weighted by Gasteiger charge is -2.39. The Labute approximate surface area is 521 Å². The minimum Gasteiger partial charge on any atom is -0.377 e. The largest absolute Gasteiger partial charge is 0.377 e. The maximum atomic E-state index is 12.0. The van der Waals surface area contributed by atoms with E-state index in [0.29, 0.717) is 6.10 Å². The van der Waals surface area contributed by atoms with Crippen LogP contribution >= 0.6 is 0 Å². The summed E-state index contributed by atoms with van der Waals surface area (Å²) in [6.07, 6.45) is 22.5. The molecule has 5 saturated heterocycles. The molecule has 3 unspecified atom stereocenters. The van der Waals surface area contributed by atoms with E-state index in [0.717, 1.165) is 174 Å². The van der Waals surface area contributed by atoms with Crippen LogP contribution in [0.1, 0.15) is 122 Å².